The lowest BCUT2D eigenvalue weighted by Gasteiger charge is -2.04. The summed E-state index contributed by atoms with van der Waals surface area (Å²) in [7, 11) is 3.81. The highest BCUT2D eigenvalue weighted by atomic mass is 16.5. The molecule has 0 spiro atoms. The topological polar surface area (TPSA) is 68.8 Å². The number of aromatic nitrogens is 4. The Morgan fingerprint density at radius 1 is 1.37 bits per heavy atom. The van der Waals surface area contributed by atoms with Crippen LogP contribution in [0.3, 0.4) is 0 Å². The van der Waals surface area contributed by atoms with Gasteiger partial charge in [-0.25, -0.2) is 0 Å². The number of likely N-dealkylation sites (N-methyl/N-ethyl adjacent to an activating group) is 1. The summed E-state index contributed by atoms with van der Waals surface area (Å²) in [6.07, 6.45) is 0.745. The molecule has 0 aliphatic heterocycles. The van der Waals surface area contributed by atoms with E-state index < -0.39 is 0 Å². The minimum Gasteiger partial charge on any atom is -0.332 e. The van der Waals surface area contributed by atoms with Gasteiger partial charge in [-0.1, -0.05) is 19.0 Å². The minimum absolute atomic E-state index is 0.322. The molecule has 0 amide bonds. The van der Waals surface area contributed by atoms with Crippen molar-refractivity contribution in [2.45, 2.75) is 39.2 Å². The van der Waals surface area contributed by atoms with Crippen molar-refractivity contribution in [3.63, 3.8) is 0 Å². The maximum absolute atomic E-state index is 5.32. The first-order chi connectivity index (χ1) is 9.01. The summed E-state index contributed by atoms with van der Waals surface area (Å²) in [4.78, 5) is 4.42. The van der Waals surface area contributed by atoms with Crippen molar-refractivity contribution in [2.75, 3.05) is 7.05 Å². The molecule has 2 rings (SSSR count). The van der Waals surface area contributed by atoms with Crippen LogP contribution in [-0.2, 0) is 13.5 Å². The van der Waals surface area contributed by atoms with Gasteiger partial charge >= 0.3 is 0 Å². The van der Waals surface area contributed by atoms with Crippen molar-refractivity contribution in [2.24, 2.45) is 7.05 Å². The lowest BCUT2D eigenvalue weighted by atomic mass is 10.1. The van der Waals surface area contributed by atoms with Crippen molar-refractivity contribution in [1.29, 1.82) is 0 Å². The van der Waals surface area contributed by atoms with E-state index in [9.17, 15) is 0 Å². The van der Waals surface area contributed by atoms with Gasteiger partial charge in [0, 0.05) is 19.5 Å². The van der Waals surface area contributed by atoms with Gasteiger partial charge in [0.2, 0.25) is 0 Å². The molecule has 104 valence electrons. The van der Waals surface area contributed by atoms with Gasteiger partial charge in [0.1, 0.15) is 5.69 Å². The zero-order valence-corrected chi connectivity index (χ0v) is 12.1. The number of hydrogen-bond donors (Lipinski definition) is 1. The Morgan fingerprint density at radius 2 is 2.11 bits per heavy atom. The Labute approximate surface area is 113 Å². The molecular weight excluding hydrogens is 242 g/mol. The van der Waals surface area contributed by atoms with Crippen molar-refractivity contribution in [1.82, 2.24) is 25.2 Å². The van der Waals surface area contributed by atoms with E-state index in [0.29, 0.717) is 23.7 Å². The molecule has 2 aromatic heterocycles. The Kier molecular flexibility index (Phi) is 3.99. The van der Waals surface area contributed by atoms with Crippen molar-refractivity contribution >= 4 is 0 Å². The van der Waals surface area contributed by atoms with Gasteiger partial charge in [-0.2, -0.15) is 10.1 Å². The number of nitrogens with one attached hydrogen (secondary N) is 1. The van der Waals surface area contributed by atoms with Gasteiger partial charge in [-0.05, 0) is 26.0 Å². The standard InChI is InChI=1S/C13H21N5O/c1-8(2)10-7-11(18(5)16-10)13-15-12(17-19-13)6-9(3)14-4/h7-9,14H,6H2,1-5H3. The molecule has 0 saturated heterocycles. The molecule has 0 radical (unpaired) electrons. The lowest BCUT2D eigenvalue weighted by molar-refractivity contribution is 0.415. The normalized spacial score (nSPS) is 13.2. The molecule has 6 nitrogen and oxygen atoms in total. The van der Waals surface area contributed by atoms with Crippen molar-refractivity contribution in [3.8, 4) is 11.6 Å². The summed E-state index contributed by atoms with van der Waals surface area (Å²) in [6, 6.07) is 2.33. The first-order valence-corrected chi connectivity index (χ1v) is 6.55. The minimum atomic E-state index is 0.322. The molecule has 2 heterocycles. The fourth-order valence-electron chi connectivity index (χ4n) is 1.79. The largest absolute Gasteiger partial charge is 0.332 e. The second-order valence-corrected chi connectivity index (χ2v) is 5.14. The fourth-order valence-corrected chi connectivity index (χ4v) is 1.79. The molecule has 0 aliphatic carbocycles. The summed E-state index contributed by atoms with van der Waals surface area (Å²) < 4.78 is 7.11. The van der Waals surface area contributed by atoms with Crippen molar-refractivity contribution in [3.05, 3.63) is 17.6 Å². The molecule has 2 aromatic rings. The molecule has 0 saturated carbocycles. The fraction of sp³-hybridized carbons (Fsp3) is 0.615. The van der Waals surface area contributed by atoms with E-state index in [4.69, 9.17) is 4.52 Å². The highest BCUT2D eigenvalue weighted by Gasteiger charge is 2.16. The quantitative estimate of drug-likeness (QED) is 0.890. The van der Waals surface area contributed by atoms with E-state index in [1.807, 2.05) is 20.2 Å². The number of nitrogens with zero attached hydrogens (tertiary/aromatic N) is 4. The van der Waals surface area contributed by atoms with E-state index in [-0.39, 0.29) is 0 Å². The second kappa shape index (κ2) is 5.52. The summed E-state index contributed by atoms with van der Waals surface area (Å²) in [5.41, 5.74) is 1.89. The highest BCUT2D eigenvalue weighted by Crippen LogP contribution is 2.22. The monoisotopic (exact) mass is 263 g/mol. The zero-order chi connectivity index (χ0) is 14.0. The SMILES string of the molecule is CNC(C)Cc1noc(-c2cc(C(C)C)nn2C)n1. The van der Waals surface area contributed by atoms with E-state index in [2.05, 4.69) is 41.3 Å². The molecule has 1 N–H and O–H groups in total. The molecule has 1 atom stereocenters. The third kappa shape index (κ3) is 3.01. The van der Waals surface area contributed by atoms with E-state index in [1.165, 1.54) is 0 Å². The van der Waals surface area contributed by atoms with Gasteiger partial charge < -0.3 is 9.84 Å². The molecule has 0 bridgehead atoms. The number of aryl methyl sites for hydroxylation is 1. The molecular formula is C13H21N5O. The van der Waals surface area contributed by atoms with Crippen LogP contribution in [0, 0.1) is 0 Å². The molecule has 0 fully saturated rings. The van der Waals surface area contributed by atoms with Gasteiger partial charge in [-0.15, -0.1) is 0 Å². The summed E-state index contributed by atoms with van der Waals surface area (Å²) in [6.45, 7) is 6.30. The lowest BCUT2D eigenvalue weighted by Crippen LogP contribution is -2.24. The summed E-state index contributed by atoms with van der Waals surface area (Å²) in [5, 5.41) is 11.6. The van der Waals surface area contributed by atoms with Gasteiger partial charge in [-0.3, -0.25) is 4.68 Å². The molecule has 0 aromatic carbocycles. The smallest absolute Gasteiger partial charge is 0.276 e. The first-order valence-electron chi connectivity index (χ1n) is 6.55. The number of hydrogen-bond acceptors (Lipinski definition) is 5. The Morgan fingerprint density at radius 3 is 2.68 bits per heavy atom. The van der Waals surface area contributed by atoms with Crippen LogP contribution < -0.4 is 5.32 Å². The highest BCUT2D eigenvalue weighted by molar-refractivity contribution is 5.48. The predicted octanol–water partition coefficient (Wildman–Crippen LogP) is 1.74. The Bertz CT molecular complexity index is 543. The maximum Gasteiger partial charge on any atom is 0.276 e. The molecule has 6 heteroatoms. The average Bonchev–Trinajstić information content (AvgIpc) is 2.95. The maximum atomic E-state index is 5.32. The molecule has 0 aliphatic rings. The van der Waals surface area contributed by atoms with Crippen LogP contribution in [0.25, 0.3) is 11.6 Å². The summed E-state index contributed by atoms with van der Waals surface area (Å²) >= 11 is 0. The van der Waals surface area contributed by atoms with Crippen LogP contribution in [0.5, 0.6) is 0 Å². The van der Waals surface area contributed by atoms with E-state index in [1.54, 1.807) is 4.68 Å². The van der Waals surface area contributed by atoms with Gasteiger partial charge in [0.15, 0.2) is 5.82 Å². The Hall–Kier alpha value is -1.69. The van der Waals surface area contributed by atoms with Gasteiger partial charge in [0.05, 0.1) is 5.69 Å². The Balaban J connectivity index is 2.22. The first kappa shape index (κ1) is 13.7. The molecule has 19 heavy (non-hydrogen) atoms. The second-order valence-electron chi connectivity index (χ2n) is 5.14. The third-order valence-electron chi connectivity index (χ3n) is 3.16. The van der Waals surface area contributed by atoms with Crippen molar-refractivity contribution < 1.29 is 4.52 Å². The van der Waals surface area contributed by atoms with Crippen LogP contribution in [0.4, 0.5) is 0 Å². The van der Waals surface area contributed by atoms with Gasteiger partial charge in [0.25, 0.3) is 5.89 Å². The van der Waals surface area contributed by atoms with Crippen LogP contribution in [0.1, 0.15) is 38.2 Å². The van der Waals surface area contributed by atoms with Crippen LogP contribution in [0.2, 0.25) is 0 Å². The number of rotatable bonds is 5. The van der Waals surface area contributed by atoms with Crippen LogP contribution in [-0.4, -0.2) is 33.0 Å². The van der Waals surface area contributed by atoms with E-state index >= 15 is 0 Å². The predicted molar refractivity (Wildman–Crippen MR) is 72.8 cm³/mol. The third-order valence-corrected chi connectivity index (χ3v) is 3.16. The summed E-state index contributed by atoms with van der Waals surface area (Å²) in [5.74, 6) is 1.62. The van der Waals surface area contributed by atoms with E-state index in [0.717, 1.165) is 17.8 Å². The molecule has 1 unspecified atom stereocenters. The van der Waals surface area contributed by atoms with Crippen LogP contribution >= 0.6 is 0 Å². The zero-order valence-electron chi connectivity index (χ0n) is 12.1. The average molecular weight is 263 g/mol. The van der Waals surface area contributed by atoms with Crippen LogP contribution in [0.15, 0.2) is 10.6 Å².